The molecule has 0 aliphatic rings. The molecule has 0 saturated carbocycles. The summed E-state index contributed by atoms with van der Waals surface area (Å²) in [5, 5.41) is 19.7. The van der Waals surface area contributed by atoms with Crippen LogP contribution >= 0.6 is 0 Å². The first kappa shape index (κ1) is 33.1. The maximum atomic E-state index is 12.7. The lowest BCUT2D eigenvalue weighted by Gasteiger charge is -2.24. The summed E-state index contributed by atoms with van der Waals surface area (Å²) in [5.41, 5.74) is 17.4. The van der Waals surface area contributed by atoms with Gasteiger partial charge in [0.2, 0.25) is 0 Å². The largest absolute Gasteiger partial charge is 0.504 e. The van der Waals surface area contributed by atoms with Crippen LogP contribution in [0.2, 0.25) is 0 Å². The van der Waals surface area contributed by atoms with Gasteiger partial charge < -0.3 is 10.4 Å². The average molecular weight is 700 g/mol. The summed E-state index contributed by atoms with van der Waals surface area (Å²) in [7, 11) is 0. The van der Waals surface area contributed by atoms with E-state index in [0.29, 0.717) is 5.65 Å². The van der Waals surface area contributed by atoms with E-state index in [1.54, 1.807) is 0 Å². The van der Waals surface area contributed by atoms with Gasteiger partial charge in [-0.15, -0.1) is 0 Å². The Bertz CT molecular complexity index is 2990. The van der Waals surface area contributed by atoms with E-state index in [9.17, 15) is 5.11 Å². The standard InChI is InChI=1S/C50H41N3O/c1-7-34-28-45(42(29-40(34)38-23-13-12-18-30(38)3)51-41-25-15-14-24-39(41)35-19-10-9-11-20-35)52-43-26-16-21-36-22-17-27-44(46(36)43)53-48-33(6)31(4)32(5)37(8-2)47(48)49(54)50(52)53/h7-29,51,54H,1-2H2,3-6H3. The third kappa shape index (κ3) is 4.84. The van der Waals surface area contributed by atoms with Gasteiger partial charge in [0.1, 0.15) is 0 Å². The number of nitrogens with one attached hydrogen (secondary N) is 1. The Balaban J connectivity index is 1.48. The molecular weight excluding hydrogens is 659 g/mol. The minimum absolute atomic E-state index is 0.219. The quantitative estimate of drug-likeness (QED) is 0.174. The topological polar surface area (TPSA) is 41.6 Å². The number of fused-ring (bicyclic) bond motifs is 4. The molecule has 54 heavy (non-hydrogen) atoms. The van der Waals surface area contributed by atoms with Crippen molar-refractivity contribution >= 4 is 61.9 Å². The molecule has 0 bridgehead atoms. The summed E-state index contributed by atoms with van der Waals surface area (Å²) in [6, 6.07) is 44.7. The molecule has 0 amide bonds. The molecule has 0 fully saturated rings. The van der Waals surface area contributed by atoms with E-state index in [2.05, 4.69) is 176 Å². The van der Waals surface area contributed by atoms with Crippen LogP contribution < -0.4 is 5.32 Å². The highest BCUT2D eigenvalue weighted by Gasteiger charge is 2.27. The molecule has 0 aliphatic carbocycles. The predicted molar refractivity (Wildman–Crippen MR) is 231 cm³/mol. The van der Waals surface area contributed by atoms with Gasteiger partial charge in [-0.25, -0.2) is 0 Å². The van der Waals surface area contributed by atoms with Crippen molar-refractivity contribution in [2.75, 3.05) is 5.32 Å². The summed E-state index contributed by atoms with van der Waals surface area (Å²) in [5.74, 6) is 0.219. The third-order valence-electron chi connectivity index (χ3n) is 11.4. The zero-order chi connectivity index (χ0) is 37.2. The molecule has 0 spiro atoms. The van der Waals surface area contributed by atoms with Crippen LogP contribution in [0.1, 0.15) is 33.4 Å². The van der Waals surface area contributed by atoms with Crippen molar-refractivity contribution in [1.29, 1.82) is 0 Å². The van der Waals surface area contributed by atoms with Crippen molar-refractivity contribution in [2.45, 2.75) is 27.7 Å². The van der Waals surface area contributed by atoms with E-state index in [1.807, 2.05) is 18.2 Å². The van der Waals surface area contributed by atoms with Crippen LogP contribution in [-0.4, -0.2) is 14.1 Å². The highest BCUT2D eigenvalue weighted by molar-refractivity contribution is 6.14. The molecule has 2 heterocycles. The molecule has 262 valence electrons. The number of nitrogens with zero attached hydrogens (tertiary/aromatic N) is 2. The fourth-order valence-corrected chi connectivity index (χ4v) is 8.51. The minimum atomic E-state index is 0.219. The first-order valence-corrected chi connectivity index (χ1v) is 18.4. The molecular formula is C50H41N3O. The molecule has 0 atom stereocenters. The van der Waals surface area contributed by atoms with Gasteiger partial charge in [-0.05, 0) is 113 Å². The second kappa shape index (κ2) is 12.7. The number of aromatic hydroxyl groups is 1. The van der Waals surface area contributed by atoms with Crippen molar-refractivity contribution in [1.82, 2.24) is 8.97 Å². The molecule has 4 heteroatoms. The average Bonchev–Trinajstić information content (AvgIpc) is 3.50. The van der Waals surface area contributed by atoms with Crippen LogP contribution in [0.5, 0.6) is 5.75 Å². The van der Waals surface area contributed by atoms with Gasteiger partial charge in [0.15, 0.2) is 11.4 Å². The molecule has 0 radical (unpaired) electrons. The van der Waals surface area contributed by atoms with Crippen molar-refractivity contribution in [3.63, 3.8) is 0 Å². The van der Waals surface area contributed by atoms with Crippen molar-refractivity contribution in [2.24, 2.45) is 0 Å². The summed E-state index contributed by atoms with van der Waals surface area (Å²) >= 11 is 0. The lowest BCUT2D eigenvalue weighted by atomic mass is 9.94. The second-order valence-electron chi connectivity index (χ2n) is 14.2. The number of hydrogen-bond donors (Lipinski definition) is 2. The fourth-order valence-electron chi connectivity index (χ4n) is 8.51. The van der Waals surface area contributed by atoms with E-state index in [4.69, 9.17) is 0 Å². The van der Waals surface area contributed by atoms with Gasteiger partial charge in [0.05, 0.1) is 33.3 Å². The van der Waals surface area contributed by atoms with Crippen LogP contribution in [0.3, 0.4) is 0 Å². The number of aryl methyl sites for hydroxylation is 2. The Hall–Kier alpha value is -6.78. The summed E-state index contributed by atoms with van der Waals surface area (Å²) in [6.45, 7) is 17.1. The predicted octanol–water partition coefficient (Wildman–Crippen LogP) is 13.5. The number of anilines is 2. The van der Waals surface area contributed by atoms with Gasteiger partial charge in [-0.3, -0.25) is 8.97 Å². The van der Waals surface area contributed by atoms with E-state index in [1.165, 1.54) is 11.1 Å². The van der Waals surface area contributed by atoms with Gasteiger partial charge >= 0.3 is 0 Å². The Morgan fingerprint density at radius 2 is 1.28 bits per heavy atom. The maximum absolute atomic E-state index is 12.7. The lowest BCUT2D eigenvalue weighted by Crippen LogP contribution is -2.09. The van der Waals surface area contributed by atoms with Gasteiger partial charge in [-0.2, -0.15) is 0 Å². The molecule has 9 rings (SSSR count). The molecule has 4 nitrogen and oxygen atoms in total. The number of aromatic nitrogens is 2. The minimum Gasteiger partial charge on any atom is -0.504 e. The first-order valence-electron chi connectivity index (χ1n) is 18.4. The summed E-state index contributed by atoms with van der Waals surface area (Å²) in [6.07, 6.45) is 3.82. The number of benzene rings is 7. The van der Waals surface area contributed by atoms with E-state index in [-0.39, 0.29) is 5.75 Å². The summed E-state index contributed by atoms with van der Waals surface area (Å²) < 4.78 is 4.50. The van der Waals surface area contributed by atoms with Gasteiger partial charge in [0, 0.05) is 16.6 Å². The maximum Gasteiger partial charge on any atom is 0.167 e. The Labute approximate surface area is 315 Å². The number of rotatable bonds is 7. The SMILES string of the molecule is C=Cc1cc(-n2c3cccc4cccc(c43)n3c4c(C)c(C)c(C)c(C=C)c4c(O)c23)c(Nc2ccccc2-c2ccccc2)cc1-c1ccccc1C. The van der Waals surface area contributed by atoms with Crippen LogP contribution in [-0.2, 0) is 0 Å². The lowest BCUT2D eigenvalue weighted by molar-refractivity contribution is 0.485. The molecule has 0 saturated heterocycles. The highest BCUT2D eigenvalue weighted by Crippen LogP contribution is 2.47. The molecule has 9 aromatic rings. The molecule has 2 aromatic heterocycles. The summed E-state index contributed by atoms with van der Waals surface area (Å²) in [4.78, 5) is 0. The number of hydrogen-bond acceptors (Lipinski definition) is 2. The van der Waals surface area contributed by atoms with Crippen molar-refractivity contribution in [3.8, 4) is 33.7 Å². The number of para-hydroxylation sites is 1. The molecule has 0 unspecified atom stereocenters. The van der Waals surface area contributed by atoms with Crippen LogP contribution in [0.15, 0.2) is 141 Å². The Morgan fingerprint density at radius 3 is 2.00 bits per heavy atom. The van der Waals surface area contributed by atoms with Crippen molar-refractivity contribution < 1.29 is 5.11 Å². The second-order valence-corrected chi connectivity index (χ2v) is 14.2. The van der Waals surface area contributed by atoms with Gasteiger partial charge in [0.25, 0.3) is 0 Å². The van der Waals surface area contributed by atoms with Crippen LogP contribution in [0, 0.1) is 27.7 Å². The Morgan fingerprint density at radius 1 is 0.593 bits per heavy atom. The van der Waals surface area contributed by atoms with E-state index in [0.717, 1.165) is 94.3 Å². The van der Waals surface area contributed by atoms with Crippen LogP contribution in [0.25, 0.3) is 78.4 Å². The van der Waals surface area contributed by atoms with E-state index < -0.39 is 0 Å². The van der Waals surface area contributed by atoms with Crippen molar-refractivity contribution in [3.05, 3.63) is 174 Å². The Kier molecular flexibility index (Phi) is 7.79. The third-order valence-corrected chi connectivity index (χ3v) is 11.4. The van der Waals surface area contributed by atoms with Gasteiger partial charge in [-0.1, -0.05) is 122 Å². The monoisotopic (exact) mass is 699 g/mol. The molecule has 2 N–H and O–H groups in total. The smallest absolute Gasteiger partial charge is 0.167 e. The normalized spacial score (nSPS) is 11.6. The fraction of sp³-hybridized carbons (Fsp3) is 0.0800. The van der Waals surface area contributed by atoms with Crippen LogP contribution in [0.4, 0.5) is 11.4 Å². The highest BCUT2D eigenvalue weighted by atomic mass is 16.3. The molecule has 7 aromatic carbocycles. The first-order chi connectivity index (χ1) is 26.3. The molecule has 0 aliphatic heterocycles. The zero-order valence-corrected chi connectivity index (χ0v) is 31.0. The van der Waals surface area contributed by atoms with E-state index >= 15 is 0 Å². The zero-order valence-electron chi connectivity index (χ0n) is 31.0.